The van der Waals surface area contributed by atoms with E-state index in [2.05, 4.69) is 20.7 Å². The number of thiophene rings is 1. The van der Waals surface area contributed by atoms with E-state index in [0.717, 1.165) is 8.68 Å². The highest BCUT2D eigenvalue weighted by Gasteiger charge is 2.06. The Balaban J connectivity index is 2.45. The summed E-state index contributed by atoms with van der Waals surface area (Å²) in [6.07, 6.45) is 0. The van der Waals surface area contributed by atoms with Gasteiger partial charge in [0.1, 0.15) is 6.54 Å². The van der Waals surface area contributed by atoms with E-state index >= 15 is 0 Å². The predicted octanol–water partition coefficient (Wildman–Crippen LogP) is 2.85. The summed E-state index contributed by atoms with van der Waals surface area (Å²) < 4.78 is 5.17. The summed E-state index contributed by atoms with van der Waals surface area (Å²) in [6, 6.07) is 1.77. The van der Waals surface area contributed by atoms with Crippen LogP contribution in [0.15, 0.2) is 14.7 Å². The van der Waals surface area contributed by atoms with Crippen molar-refractivity contribution < 1.29 is 9.90 Å². The van der Waals surface area contributed by atoms with Crippen LogP contribution < -0.4 is 4.72 Å². The van der Waals surface area contributed by atoms with E-state index in [9.17, 15) is 4.79 Å². The molecule has 0 aliphatic carbocycles. The van der Waals surface area contributed by atoms with E-state index in [1.54, 1.807) is 6.07 Å². The molecule has 13 heavy (non-hydrogen) atoms. The molecule has 3 nitrogen and oxygen atoms in total. The van der Waals surface area contributed by atoms with Crippen LogP contribution >= 0.6 is 50.8 Å². The van der Waals surface area contributed by atoms with Gasteiger partial charge in [0.2, 0.25) is 0 Å². The lowest BCUT2D eigenvalue weighted by molar-refractivity contribution is -0.135. The van der Waals surface area contributed by atoms with Crippen LogP contribution in [0.25, 0.3) is 0 Å². The van der Waals surface area contributed by atoms with Crippen molar-refractivity contribution in [3.63, 3.8) is 0 Å². The van der Waals surface area contributed by atoms with Gasteiger partial charge < -0.3 is 5.11 Å². The molecule has 72 valence electrons. The second kappa shape index (κ2) is 5.21. The molecule has 0 aromatic carbocycles. The molecule has 0 aliphatic heterocycles. The molecule has 7 heteroatoms. The third kappa shape index (κ3) is 3.86. The summed E-state index contributed by atoms with van der Waals surface area (Å²) in [5.74, 6) is -0.883. The Bertz CT molecular complexity index is 318. The molecule has 1 rings (SSSR count). The Labute approximate surface area is 96.7 Å². The van der Waals surface area contributed by atoms with E-state index in [4.69, 9.17) is 16.7 Å². The lowest BCUT2D eigenvalue weighted by Crippen LogP contribution is -2.15. The van der Waals surface area contributed by atoms with E-state index in [1.807, 2.05) is 0 Å². The number of rotatable bonds is 4. The Hall–Kier alpha value is 0.250. The molecule has 0 unspecified atom stereocenters. The number of hydrogen-bond acceptors (Lipinski definition) is 4. The van der Waals surface area contributed by atoms with Gasteiger partial charge in [0, 0.05) is 4.47 Å². The molecule has 1 aromatic heterocycles. The summed E-state index contributed by atoms with van der Waals surface area (Å²) in [4.78, 5) is 10.2. The topological polar surface area (TPSA) is 49.3 Å². The van der Waals surface area contributed by atoms with Gasteiger partial charge >= 0.3 is 5.97 Å². The van der Waals surface area contributed by atoms with Gasteiger partial charge in [-0.05, 0) is 33.9 Å². The quantitative estimate of drug-likeness (QED) is 0.840. The average molecular weight is 303 g/mol. The lowest BCUT2D eigenvalue weighted by Gasteiger charge is -1.97. The molecule has 0 spiro atoms. The van der Waals surface area contributed by atoms with Crippen molar-refractivity contribution in [2.75, 3.05) is 6.54 Å². The van der Waals surface area contributed by atoms with Crippen LogP contribution in [0.3, 0.4) is 0 Å². The molecule has 0 fully saturated rings. The summed E-state index contributed by atoms with van der Waals surface area (Å²) in [7, 11) is 0. The van der Waals surface area contributed by atoms with Crippen molar-refractivity contribution in [2.45, 2.75) is 4.21 Å². The van der Waals surface area contributed by atoms with Crippen molar-refractivity contribution in [3.8, 4) is 0 Å². The normalized spacial score (nSPS) is 10.3. The number of carboxylic acid groups (broad SMARTS) is 1. The largest absolute Gasteiger partial charge is 0.480 e. The molecule has 0 atom stereocenters. The first kappa shape index (κ1) is 11.3. The highest BCUT2D eigenvalue weighted by Crippen LogP contribution is 2.36. The number of carbonyl (C=O) groups is 1. The fourth-order valence-electron chi connectivity index (χ4n) is 0.558. The monoisotopic (exact) mass is 301 g/mol. The molecule has 1 aromatic rings. The second-order valence-corrected chi connectivity index (χ2v) is 5.70. The van der Waals surface area contributed by atoms with Gasteiger partial charge in [-0.3, -0.25) is 4.79 Å². The highest BCUT2D eigenvalue weighted by atomic mass is 79.9. The molecular formula is C6H5BrClNO2S2. The molecule has 0 aliphatic rings. The SMILES string of the molecule is O=C(O)CNSc1sc(Cl)cc1Br. The van der Waals surface area contributed by atoms with Crippen molar-refractivity contribution in [3.05, 3.63) is 14.9 Å². The van der Waals surface area contributed by atoms with Gasteiger partial charge in [-0.2, -0.15) is 0 Å². The molecule has 2 N–H and O–H groups in total. The summed E-state index contributed by atoms with van der Waals surface area (Å²) in [5.41, 5.74) is 0. The van der Waals surface area contributed by atoms with Crippen LogP contribution in [-0.4, -0.2) is 17.6 Å². The number of hydrogen-bond donors (Lipinski definition) is 2. The number of nitrogens with one attached hydrogen (secondary N) is 1. The van der Waals surface area contributed by atoms with E-state index in [0.29, 0.717) is 4.34 Å². The number of halogens is 2. The first-order valence-electron chi connectivity index (χ1n) is 3.16. The third-order valence-electron chi connectivity index (χ3n) is 1.01. The van der Waals surface area contributed by atoms with Crippen molar-refractivity contribution >= 4 is 56.8 Å². The van der Waals surface area contributed by atoms with Gasteiger partial charge in [0.15, 0.2) is 0 Å². The third-order valence-corrected chi connectivity index (χ3v) is 4.42. The molecule has 0 saturated carbocycles. The standard InChI is InChI=1S/C6H5BrClNO2S2/c7-3-1-4(8)12-6(3)13-9-2-5(10)11/h1,9H,2H2,(H,10,11). The Kier molecular flexibility index (Phi) is 4.54. The van der Waals surface area contributed by atoms with Crippen molar-refractivity contribution in [2.24, 2.45) is 0 Å². The van der Waals surface area contributed by atoms with Gasteiger partial charge in [-0.15, -0.1) is 11.3 Å². The first-order valence-corrected chi connectivity index (χ1v) is 5.96. The fourth-order valence-corrected chi connectivity index (χ4v) is 3.64. The van der Waals surface area contributed by atoms with E-state index in [-0.39, 0.29) is 6.54 Å². The van der Waals surface area contributed by atoms with Gasteiger partial charge in [0.25, 0.3) is 0 Å². The highest BCUT2D eigenvalue weighted by molar-refractivity contribution is 9.10. The zero-order valence-corrected chi connectivity index (χ0v) is 10.2. The fraction of sp³-hybridized carbons (Fsp3) is 0.167. The number of carboxylic acids is 1. The minimum atomic E-state index is -0.883. The zero-order chi connectivity index (χ0) is 9.84. The first-order chi connectivity index (χ1) is 6.09. The van der Waals surface area contributed by atoms with Crippen LogP contribution in [-0.2, 0) is 4.79 Å². The van der Waals surface area contributed by atoms with Crippen LogP contribution in [0.4, 0.5) is 0 Å². The van der Waals surface area contributed by atoms with Crippen LogP contribution in [0.1, 0.15) is 0 Å². The molecule has 0 bridgehead atoms. The van der Waals surface area contributed by atoms with E-state index in [1.165, 1.54) is 23.3 Å². The minimum absolute atomic E-state index is 0.0768. The lowest BCUT2D eigenvalue weighted by atomic mass is 10.7. The maximum atomic E-state index is 10.2. The smallest absolute Gasteiger partial charge is 0.318 e. The Morgan fingerprint density at radius 1 is 1.85 bits per heavy atom. The van der Waals surface area contributed by atoms with Gasteiger partial charge in [-0.25, -0.2) is 4.72 Å². The molecule has 0 amide bonds. The molecule has 0 saturated heterocycles. The van der Waals surface area contributed by atoms with Crippen molar-refractivity contribution in [1.82, 2.24) is 4.72 Å². The molecule has 0 radical (unpaired) electrons. The number of aliphatic carboxylic acids is 1. The van der Waals surface area contributed by atoms with Crippen LogP contribution in [0.2, 0.25) is 4.34 Å². The average Bonchev–Trinajstić information content (AvgIpc) is 2.29. The maximum absolute atomic E-state index is 10.2. The maximum Gasteiger partial charge on any atom is 0.318 e. The van der Waals surface area contributed by atoms with Gasteiger partial charge in [-0.1, -0.05) is 11.6 Å². The summed E-state index contributed by atoms with van der Waals surface area (Å²) in [5, 5.41) is 8.36. The molecular weight excluding hydrogens is 298 g/mol. The predicted molar refractivity (Wildman–Crippen MR) is 58.5 cm³/mol. The Morgan fingerprint density at radius 2 is 2.54 bits per heavy atom. The Morgan fingerprint density at radius 3 is 3.00 bits per heavy atom. The van der Waals surface area contributed by atoms with Crippen LogP contribution in [0, 0.1) is 0 Å². The van der Waals surface area contributed by atoms with E-state index < -0.39 is 5.97 Å². The second-order valence-electron chi connectivity index (χ2n) is 2.00. The minimum Gasteiger partial charge on any atom is -0.480 e. The molecule has 1 heterocycles. The summed E-state index contributed by atoms with van der Waals surface area (Å²) >= 11 is 11.7. The van der Waals surface area contributed by atoms with Gasteiger partial charge in [0.05, 0.1) is 8.55 Å². The van der Waals surface area contributed by atoms with Crippen molar-refractivity contribution in [1.29, 1.82) is 0 Å². The zero-order valence-electron chi connectivity index (χ0n) is 6.21. The summed E-state index contributed by atoms with van der Waals surface area (Å²) in [6.45, 7) is -0.0768. The van der Waals surface area contributed by atoms with Crippen LogP contribution in [0.5, 0.6) is 0 Å².